The first-order chi connectivity index (χ1) is 11.8. The number of piperidine rings is 3. The van der Waals surface area contributed by atoms with Crippen LogP contribution in [0.3, 0.4) is 0 Å². The molecule has 8 nitrogen and oxygen atoms in total. The molecule has 0 aliphatic carbocycles. The van der Waals surface area contributed by atoms with E-state index >= 15 is 0 Å². The summed E-state index contributed by atoms with van der Waals surface area (Å²) < 4.78 is 12.3. The summed E-state index contributed by atoms with van der Waals surface area (Å²) in [5.74, 6) is 0.0239. The predicted octanol–water partition coefficient (Wildman–Crippen LogP) is -1.03. The summed E-state index contributed by atoms with van der Waals surface area (Å²) in [6, 6.07) is 0. The Hall–Kier alpha value is -0.420. The number of hydrogen-bond donors (Lipinski definition) is 4. The lowest BCUT2D eigenvalue weighted by Crippen LogP contribution is -2.78. The zero-order valence-electron chi connectivity index (χ0n) is 14.2. The topological polar surface area (TPSA) is 116 Å². The minimum absolute atomic E-state index is 0.122. The lowest BCUT2D eigenvalue weighted by Gasteiger charge is -2.60. The standard InChI is InChI=1S/C16H25NO7S/c1-8-24-16(7-25-8)6-17(4-2-9(16)3-5-17)14-12(20)10(18)11(19)13(23-14)15(21)22/h8-14,18-20H,2-7H2,1H3/p+1/t8?,9?,10-,11-,12?,13?,14+,16?,17?/m0/s1. The summed E-state index contributed by atoms with van der Waals surface area (Å²) in [7, 11) is 0. The van der Waals surface area contributed by atoms with Gasteiger partial charge in [-0.05, 0) is 6.92 Å². The highest BCUT2D eigenvalue weighted by Gasteiger charge is 2.64. The average molecular weight is 376 g/mol. The average Bonchev–Trinajstić information content (AvgIpc) is 2.93. The number of fused-ring (bicyclic) bond motifs is 2. The first-order valence-electron chi connectivity index (χ1n) is 8.86. The van der Waals surface area contributed by atoms with Crippen LogP contribution in [0, 0.1) is 5.92 Å². The number of carboxylic acid groups (broad SMARTS) is 1. The summed E-state index contributed by atoms with van der Waals surface area (Å²) >= 11 is 1.78. The van der Waals surface area contributed by atoms with E-state index in [9.17, 15) is 25.2 Å². The van der Waals surface area contributed by atoms with E-state index in [4.69, 9.17) is 9.47 Å². The van der Waals surface area contributed by atoms with Crippen molar-refractivity contribution >= 4 is 17.7 Å². The Bertz CT molecular complexity index is 555. The first kappa shape index (κ1) is 18.0. The van der Waals surface area contributed by atoms with Gasteiger partial charge in [0.2, 0.25) is 6.23 Å². The molecule has 0 aromatic heterocycles. The maximum Gasteiger partial charge on any atom is 0.335 e. The fourth-order valence-electron chi connectivity index (χ4n) is 5.25. The molecule has 5 heterocycles. The van der Waals surface area contributed by atoms with Gasteiger partial charge in [0.05, 0.1) is 13.1 Å². The van der Waals surface area contributed by atoms with Crippen LogP contribution in [0.4, 0.5) is 0 Å². The number of hydrogen-bond acceptors (Lipinski definition) is 7. The molecule has 4 N–H and O–H groups in total. The zero-order chi connectivity index (χ0) is 18.0. The Morgan fingerprint density at radius 3 is 2.40 bits per heavy atom. The molecule has 5 fully saturated rings. The van der Waals surface area contributed by atoms with Gasteiger partial charge in [0.15, 0.2) is 12.2 Å². The lowest BCUT2D eigenvalue weighted by atomic mass is 9.73. The van der Waals surface area contributed by atoms with E-state index in [1.54, 1.807) is 11.8 Å². The second-order valence-corrected chi connectivity index (χ2v) is 9.20. The molecule has 1 spiro atoms. The quantitative estimate of drug-likeness (QED) is 0.452. The molecule has 2 bridgehead atoms. The summed E-state index contributed by atoms with van der Waals surface area (Å²) in [5, 5.41) is 40.0. The van der Waals surface area contributed by atoms with Gasteiger partial charge >= 0.3 is 5.97 Å². The summed E-state index contributed by atoms with van der Waals surface area (Å²) in [6.07, 6.45) is -5.07. The molecule has 0 aromatic carbocycles. The van der Waals surface area contributed by atoms with E-state index in [0.717, 1.165) is 31.7 Å². The number of aliphatic carboxylic acids is 1. The van der Waals surface area contributed by atoms with E-state index in [0.29, 0.717) is 16.9 Å². The van der Waals surface area contributed by atoms with Gasteiger partial charge in [-0.25, -0.2) is 4.79 Å². The number of thioether (sulfide) groups is 1. The molecule has 5 aliphatic heterocycles. The number of carbonyl (C=O) groups is 1. The third-order valence-electron chi connectivity index (χ3n) is 6.51. The molecule has 0 amide bonds. The summed E-state index contributed by atoms with van der Waals surface area (Å²) in [4.78, 5) is 11.4. The Morgan fingerprint density at radius 2 is 1.84 bits per heavy atom. The summed E-state index contributed by atoms with van der Waals surface area (Å²) in [6.45, 7) is 4.19. The van der Waals surface area contributed by atoms with E-state index in [-0.39, 0.29) is 11.0 Å². The Labute approximate surface area is 150 Å². The van der Waals surface area contributed by atoms with Gasteiger partial charge in [0, 0.05) is 24.5 Å². The fourth-order valence-corrected chi connectivity index (χ4v) is 6.42. The normalized spacial score (nSPS) is 55.6. The highest BCUT2D eigenvalue weighted by Crippen LogP contribution is 2.51. The molecule has 5 aliphatic rings. The van der Waals surface area contributed by atoms with Crippen LogP contribution < -0.4 is 0 Å². The second kappa shape index (κ2) is 6.05. The minimum atomic E-state index is -1.64. The molecule has 5 saturated heterocycles. The van der Waals surface area contributed by atoms with E-state index in [1.165, 1.54) is 0 Å². The highest BCUT2D eigenvalue weighted by molar-refractivity contribution is 8.00. The highest BCUT2D eigenvalue weighted by atomic mass is 32.2. The van der Waals surface area contributed by atoms with Crippen LogP contribution >= 0.6 is 11.8 Å². The van der Waals surface area contributed by atoms with Crippen molar-refractivity contribution in [3.05, 3.63) is 0 Å². The van der Waals surface area contributed by atoms with Gasteiger partial charge in [-0.1, -0.05) is 0 Å². The van der Waals surface area contributed by atoms with Gasteiger partial charge in [0.25, 0.3) is 0 Å². The van der Waals surface area contributed by atoms with Crippen molar-refractivity contribution in [1.29, 1.82) is 0 Å². The van der Waals surface area contributed by atoms with Crippen molar-refractivity contribution in [2.75, 3.05) is 25.4 Å². The number of rotatable bonds is 2. The van der Waals surface area contributed by atoms with Crippen molar-refractivity contribution in [2.45, 2.75) is 61.4 Å². The monoisotopic (exact) mass is 376 g/mol. The molecule has 9 heteroatoms. The second-order valence-electron chi connectivity index (χ2n) is 7.92. The SMILES string of the molecule is CC1OC2(CS1)C[N+]1([C@@H]3OC(C(=O)O)[C@@H](O)[C@H](O)C3O)CCC2CC1. The van der Waals surface area contributed by atoms with E-state index in [1.807, 2.05) is 6.92 Å². The lowest BCUT2D eigenvalue weighted by molar-refractivity contribution is -0.996. The number of ether oxygens (including phenoxy) is 2. The number of aliphatic hydroxyl groups excluding tert-OH is 3. The van der Waals surface area contributed by atoms with Crippen LogP contribution in [0.25, 0.3) is 0 Å². The Kier molecular flexibility index (Phi) is 4.35. The van der Waals surface area contributed by atoms with Crippen molar-refractivity contribution in [1.82, 2.24) is 0 Å². The van der Waals surface area contributed by atoms with E-state index < -0.39 is 36.6 Å². The molecule has 0 aromatic rings. The largest absolute Gasteiger partial charge is 0.479 e. The predicted molar refractivity (Wildman–Crippen MR) is 87.6 cm³/mol. The van der Waals surface area contributed by atoms with Crippen LogP contribution in [-0.2, 0) is 14.3 Å². The minimum Gasteiger partial charge on any atom is -0.479 e. The summed E-state index contributed by atoms with van der Waals surface area (Å²) in [5.41, 5.74) is -0.152. The molecule has 25 heavy (non-hydrogen) atoms. The Balaban J connectivity index is 1.64. The number of quaternary nitrogens is 1. The van der Waals surface area contributed by atoms with Crippen LogP contribution in [0.1, 0.15) is 19.8 Å². The molecule has 0 saturated carbocycles. The number of carboxylic acids is 1. The molecule has 4 unspecified atom stereocenters. The maximum atomic E-state index is 11.4. The molecule has 5 rings (SSSR count). The number of aliphatic hydroxyl groups is 3. The van der Waals surface area contributed by atoms with Crippen molar-refractivity contribution in [3.63, 3.8) is 0 Å². The zero-order valence-corrected chi connectivity index (χ0v) is 15.0. The molecular formula is C16H26NO7S+. The smallest absolute Gasteiger partial charge is 0.335 e. The fraction of sp³-hybridized carbons (Fsp3) is 0.938. The maximum absolute atomic E-state index is 11.4. The van der Waals surface area contributed by atoms with Crippen LogP contribution in [0.5, 0.6) is 0 Å². The molecular weight excluding hydrogens is 350 g/mol. The van der Waals surface area contributed by atoms with Gasteiger partial charge < -0.3 is 29.9 Å². The number of nitrogens with zero attached hydrogens (tertiary/aromatic N) is 1. The molecule has 0 radical (unpaired) electrons. The van der Waals surface area contributed by atoms with Crippen LogP contribution in [-0.4, -0.2) is 97.9 Å². The molecule has 142 valence electrons. The van der Waals surface area contributed by atoms with E-state index in [2.05, 4.69) is 0 Å². The van der Waals surface area contributed by atoms with Crippen molar-refractivity contribution in [2.24, 2.45) is 5.92 Å². The third-order valence-corrected chi connectivity index (χ3v) is 7.73. The van der Waals surface area contributed by atoms with Crippen LogP contribution in [0.2, 0.25) is 0 Å². The molecule has 7 atom stereocenters. The van der Waals surface area contributed by atoms with Crippen molar-refractivity contribution in [3.8, 4) is 0 Å². The van der Waals surface area contributed by atoms with Gasteiger partial charge in [-0.2, -0.15) is 0 Å². The first-order valence-corrected chi connectivity index (χ1v) is 9.91. The Morgan fingerprint density at radius 1 is 1.16 bits per heavy atom. The van der Waals surface area contributed by atoms with Crippen LogP contribution in [0.15, 0.2) is 0 Å². The van der Waals surface area contributed by atoms with Gasteiger partial charge in [0.1, 0.15) is 29.8 Å². The van der Waals surface area contributed by atoms with Gasteiger partial charge in [-0.3, -0.25) is 4.48 Å². The third kappa shape index (κ3) is 2.63. The van der Waals surface area contributed by atoms with Crippen molar-refractivity contribution < 1.29 is 39.2 Å². The van der Waals surface area contributed by atoms with Gasteiger partial charge in [-0.15, -0.1) is 11.8 Å².